The maximum absolute atomic E-state index is 12.8. The number of hydrogen-bond donors (Lipinski definition) is 1. The molecular weight excluding hydrogens is 414 g/mol. The van der Waals surface area contributed by atoms with Gasteiger partial charge in [0.15, 0.2) is 11.4 Å². The number of hydrogen-bond acceptors (Lipinski definition) is 6. The van der Waals surface area contributed by atoms with Crippen LogP contribution in [0.4, 0.5) is 5.13 Å². The van der Waals surface area contributed by atoms with Gasteiger partial charge in [0, 0.05) is 44.0 Å². The first-order chi connectivity index (χ1) is 15.1. The molecule has 1 unspecified atom stereocenters. The molecule has 1 N–H and O–H groups in total. The normalized spacial score (nSPS) is 16.5. The summed E-state index contributed by atoms with van der Waals surface area (Å²) in [6, 6.07) is 7.47. The molecule has 2 amide bonds. The molecule has 1 atom stereocenters. The lowest BCUT2D eigenvalue weighted by Gasteiger charge is -2.32. The van der Waals surface area contributed by atoms with Gasteiger partial charge in [0.2, 0.25) is 5.91 Å². The van der Waals surface area contributed by atoms with Gasteiger partial charge >= 0.3 is 0 Å². The molecule has 0 bridgehead atoms. The number of rotatable bonds is 6. The molecule has 1 fully saturated rings. The fourth-order valence-electron chi connectivity index (χ4n) is 3.36. The number of carbonyl (C=O) groups is 2. The number of nitrogens with zero attached hydrogens (tertiary/aromatic N) is 4. The Labute approximate surface area is 184 Å². The van der Waals surface area contributed by atoms with E-state index in [1.165, 1.54) is 18.3 Å². The van der Waals surface area contributed by atoms with Crippen molar-refractivity contribution >= 4 is 34.4 Å². The molecule has 1 saturated heterocycles. The van der Waals surface area contributed by atoms with Crippen molar-refractivity contribution in [2.45, 2.75) is 26.1 Å². The summed E-state index contributed by atoms with van der Waals surface area (Å²) < 4.78 is 7.56. The van der Waals surface area contributed by atoms with Gasteiger partial charge in [-0.2, -0.15) is 0 Å². The summed E-state index contributed by atoms with van der Waals surface area (Å²) in [6.45, 7) is 3.42. The topological polar surface area (TPSA) is 89.4 Å². The Bertz CT molecular complexity index is 1080. The van der Waals surface area contributed by atoms with E-state index >= 15 is 0 Å². The van der Waals surface area contributed by atoms with E-state index < -0.39 is 0 Å². The monoisotopic (exact) mass is 437 g/mol. The van der Waals surface area contributed by atoms with Crippen LogP contribution in [0.3, 0.4) is 0 Å². The highest BCUT2D eigenvalue weighted by atomic mass is 32.1. The Hall–Kier alpha value is -3.30. The minimum absolute atomic E-state index is 0.0182. The van der Waals surface area contributed by atoms with Gasteiger partial charge < -0.3 is 14.2 Å². The zero-order valence-electron chi connectivity index (χ0n) is 17.1. The van der Waals surface area contributed by atoms with Crippen LogP contribution in [-0.4, -0.2) is 50.6 Å². The van der Waals surface area contributed by atoms with Gasteiger partial charge in [-0.15, -0.1) is 11.3 Å². The molecule has 0 radical (unpaired) electrons. The zero-order valence-corrected chi connectivity index (χ0v) is 17.9. The number of carbonyl (C=O) groups excluding carboxylic acids is 2. The minimum Gasteiger partial charge on any atom is -0.355 e. The van der Waals surface area contributed by atoms with Crippen molar-refractivity contribution in [2.24, 2.45) is 0 Å². The van der Waals surface area contributed by atoms with E-state index in [1.807, 2.05) is 46.5 Å². The average molecular weight is 438 g/mol. The van der Waals surface area contributed by atoms with Gasteiger partial charge in [0.05, 0.1) is 12.3 Å². The first-order valence-corrected chi connectivity index (χ1v) is 10.9. The number of aromatic nitrogens is 3. The third kappa shape index (κ3) is 5.25. The summed E-state index contributed by atoms with van der Waals surface area (Å²) in [7, 11) is 0. The number of amides is 2. The van der Waals surface area contributed by atoms with Crippen LogP contribution in [0, 0.1) is 0 Å². The Morgan fingerprint density at radius 2 is 2.16 bits per heavy atom. The first-order valence-electron chi connectivity index (χ1n) is 9.98. The Morgan fingerprint density at radius 1 is 1.32 bits per heavy atom. The molecule has 0 saturated carbocycles. The van der Waals surface area contributed by atoms with Crippen LogP contribution in [-0.2, 0) is 16.1 Å². The molecule has 4 rings (SSSR count). The van der Waals surface area contributed by atoms with Crippen molar-refractivity contribution in [1.29, 1.82) is 0 Å². The summed E-state index contributed by atoms with van der Waals surface area (Å²) in [5.41, 5.74) is 2.31. The minimum atomic E-state index is -0.387. The van der Waals surface area contributed by atoms with Crippen molar-refractivity contribution in [3.63, 3.8) is 0 Å². The van der Waals surface area contributed by atoms with Crippen molar-refractivity contribution in [3.8, 4) is 0 Å². The lowest BCUT2D eigenvalue weighted by molar-refractivity contribution is -0.145. The molecule has 1 aliphatic heterocycles. The number of pyridine rings is 1. The summed E-state index contributed by atoms with van der Waals surface area (Å²) in [6.07, 6.45) is 9.41. The molecule has 3 aromatic rings. The van der Waals surface area contributed by atoms with E-state index in [9.17, 15) is 9.59 Å². The number of thiazole rings is 1. The van der Waals surface area contributed by atoms with E-state index in [2.05, 4.69) is 15.3 Å². The molecule has 9 heteroatoms. The molecule has 0 spiro atoms. The van der Waals surface area contributed by atoms with E-state index in [4.69, 9.17) is 4.74 Å². The molecule has 8 nitrogen and oxygen atoms in total. The van der Waals surface area contributed by atoms with Gasteiger partial charge in [-0.3, -0.25) is 19.9 Å². The predicted molar refractivity (Wildman–Crippen MR) is 119 cm³/mol. The smallest absolute Gasteiger partial charge is 0.274 e. The lowest BCUT2D eigenvalue weighted by Crippen LogP contribution is -2.44. The molecule has 31 heavy (non-hydrogen) atoms. The number of nitrogens with one attached hydrogen (secondary N) is 1. The van der Waals surface area contributed by atoms with E-state index in [0.717, 1.165) is 12.0 Å². The fraction of sp³-hybridized carbons (Fsp3) is 0.273. The second-order valence-corrected chi connectivity index (χ2v) is 7.95. The standard InChI is InChI=1S/C22H23N5O3S/c1-16(28)27-12-3-13-30-20(27)6-5-18-15-31-22(24-18)25-21(29)19-4-2-11-26(19)14-17-7-9-23-10-8-17/h2,4-11,15,20H,3,12-14H2,1H3,(H,24,25,29)/b6-5+. The molecular formula is C22H23N5O3S. The third-order valence-corrected chi connectivity index (χ3v) is 5.66. The molecule has 0 aromatic carbocycles. The number of ether oxygens (including phenoxy) is 1. The molecule has 3 aromatic heterocycles. The molecule has 160 valence electrons. The van der Waals surface area contributed by atoms with Crippen molar-refractivity contribution < 1.29 is 14.3 Å². The molecule has 1 aliphatic rings. The van der Waals surface area contributed by atoms with Gasteiger partial charge in [0.1, 0.15) is 5.69 Å². The quantitative estimate of drug-likeness (QED) is 0.639. The van der Waals surface area contributed by atoms with Gasteiger partial charge in [-0.1, -0.05) is 0 Å². The van der Waals surface area contributed by atoms with Gasteiger partial charge in [-0.05, 0) is 48.4 Å². The second kappa shape index (κ2) is 9.67. The Kier molecular flexibility index (Phi) is 6.54. The highest BCUT2D eigenvalue weighted by Crippen LogP contribution is 2.19. The van der Waals surface area contributed by atoms with Crippen LogP contribution in [0.2, 0.25) is 0 Å². The molecule has 0 aliphatic carbocycles. The van der Waals surface area contributed by atoms with Gasteiger partial charge in [0.25, 0.3) is 5.91 Å². The Balaban J connectivity index is 1.40. The third-order valence-electron chi connectivity index (χ3n) is 4.88. The predicted octanol–water partition coefficient (Wildman–Crippen LogP) is 3.25. The average Bonchev–Trinajstić information content (AvgIpc) is 3.42. The zero-order chi connectivity index (χ0) is 21.6. The van der Waals surface area contributed by atoms with E-state index in [0.29, 0.717) is 36.2 Å². The fourth-order valence-corrected chi connectivity index (χ4v) is 4.03. The number of anilines is 1. The van der Waals surface area contributed by atoms with Crippen molar-refractivity contribution in [2.75, 3.05) is 18.5 Å². The van der Waals surface area contributed by atoms with Crippen molar-refractivity contribution in [3.05, 3.63) is 71.3 Å². The van der Waals surface area contributed by atoms with Crippen LogP contribution < -0.4 is 5.32 Å². The van der Waals surface area contributed by atoms with E-state index in [-0.39, 0.29) is 18.0 Å². The first kappa shape index (κ1) is 21.0. The second-order valence-electron chi connectivity index (χ2n) is 7.09. The van der Waals surface area contributed by atoms with E-state index in [1.54, 1.807) is 23.4 Å². The highest BCUT2D eigenvalue weighted by molar-refractivity contribution is 7.14. The van der Waals surface area contributed by atoms with Gasteiger partial charge in [-0.25, -0.2) is 4.98 Å². The summed E-state index contributed by atoms with van der Waals surface area (Å²) >= 11 is 1.35. The summed E-state index contributed by atoms with van der Waals surface area (Å²) in [4.78, 5) is 34.7. The highest BCUT2D eigenvalue weighted by Gasteiger charge is 2.22. The van der Waals surface area contributed by atoms with Crippen LogP contribution in [0.25, 0.3) is 6.08 Å². The van der Waals surface area contributed by atoms with Crippen LogP contribution in [0.1, 0.15) is 35.1 Å². The summed E-state index contributed by atoms with van der Waals surface area (Å²) in [5.74, 6) is -0.238. The molecule has 4 heterocycles. The maximum Gasteiger partial charge on any atom is 0.274 e. The largest absolute Gasteiger partial charge is 0.355 e. The van der Waals surface area contributed by atoms with Crippen LogP contribution in [0.5, 0.6) is 0 Å². The lowest BCUT2D eigenvalue weighted by atomic mass is 10.2. The Morgan fingerprint density at radius 3 is 2.97 bits per heavy atom. The maximum atomic E-state index is 12.8. The SMILES string of the molecule is CC(=O)N1CCCOC1/C=C/c1csc(NC(=O)c2cccn2Cc2ccncc2)n1. The summed E-state index contributed by atoms with van der Waals surface area (Å²) in [5, 5.41) is 5.22. The van der Waals surface area contributed by atoms with Crippen molar-refractivity contribution in [1.82, 2.24) is 19.4 Å². The van der Waals surface area contributed by atoms with Crippen LogP contribution >= 0.6 is 11.3 Å². The van der Waals surface area contributed by atoms with Crippen LogP contribution in [0.15, 0.2) is 54.3 Å².